The van der Waals surface area contributed by atoms with Gasteiger partial charge in [0.05, 0.1) is 28.5 Å². The highest BCUT2D eigenvalue weighted by Crippen LogP contribution is 2.45. The fraction of sp³-hybridized carbons (Fsp3) is 0.143. The Morgan fingerprint density at radius 2 is 1.83 bits per heavy atom. The number of halogens is 1. The quantitative estimate of drug-likeness (QED) is 0.701. The second kappa shape index (κ2) is 8.17. The SMILES string of the molecule is COC1=C(C=C=O)NC(C)=C(S(=O)(=O)c2ccc(O)cc2)C1c1ccccc1Cl. The van der Waals surface area contributed by atoms with Crippen LogP contribution in [0, 0.1) is 0 Å². The summed E-state index contributed by atoms with van der Waals surface area (Å²) < 4.78 is 32.6. The first-order valence-electron chi connectivity index (χ1n) is 8.56. The van der Waals surface area contributed by atoms with Crippen LogP contribution < -0.4 is 5.32 Å². The number of ether oxygens (including phenoxy) is 1. The molecule has 0 aliphatic carbocycles. The van der Waals surface area contributed by atoms with Crippen LogP contribution in [-0.4, -0.2) is 26.6 Å². The van der Waals surface area contributed by atoms with Gasteiger partial charge in [0.2, 0.25) is 9.84 Å². The lowest BCUT2D eigenvalue weighted by atomic mass is 9.92. The van der Waals surface area contributed by atoms with Crippen molar-refractivity contribution < 1.29 is 23.1 Å². The molecular formula is C21H18ClNO5S. The minimum absolute atomic E-state index is 0.00772. The number of dihydropyridines is 1. The van der Waals surface area contributed by atoms with E-state index in [1.54, 1.807) is 37.1 Å². The minimum Gasteiger partial charge on any atom is -0.508 e. The monoisotopic (exact) mass is 431 g/mol. The van der Waals surface area contributed by atoms with Gasteiger partial charge in [-0.25, -0.2) is 13.2 Å². The molecule has 29 heavy (non-hydrogen) atoms. The molecule has 0 saturated carbocycles. The third kappa shape index (κ3) is 3.80. The van der Waals surface area contributed by atoms with Crippen LogP contribution in [0.1, 0.15) is 18.4 Å². The van der Waals surface area contributed by atoms with Crippen molar-refractivity contribution in [1.82, 2.24) is 5.32 Å². The Bertz CT molecular complexity index is 1160. The van der Waals surface area contributed by atoms with E-state index in [1.165, 1.54) is 31.4 Å². The number of nitrogens with one attached hydrogen (secondary N) is 1. The minimum atomic E-state index is -4.00. The molecule has 6 nitrogen and oxygen atoms in total. The molecule has 1 heterocycles. The summed E-state index contributed by atoms with van der Waals surface area (Å²) in [5, 5.41) is 12.8. The normalized spacial score (nSPS) is 16.9. The number of benzene rings is 2. The van der Waals surface area contributed by atoms with Crippen molar-refractivity contribution in [2.45, 2.75) is 17.7 Å². The van der Waals surface area contributed by atoms with E-state index < -0.39 is 15.8 Å². The van der Waals surface area contributed by atoms with Gasteiger partial charge in [0.1, 0.15) is 17.5 Å². The fourth-order valence-corrected chi connectivity index (χ4v) is 5.30. The van der Waals surface area contributed by atoms with Gasteiger partial charge in [0.25, 0.3) is 0 Å². The summed E-state index contributed by atoms with van der Waals surface area (Å²) in [6, 6.07) is 12.1. The van der Waals surface area contributed by atoms with Crippen molar-refractivity contribution in [3.8, 4) is 5.75 Å². The molecule has 1 aliphatic rings. The van der Waals surface area contributed by atoms with Crippen LogP contribution >= 0.6 is 11.6 Å². The average molecular weight is 432 g/mol. The van der Waals surface area contributed by atoms with Crippen LogP contribution in [0.2, 0.25) is 5.02 Å². The average Bonchev–Trinajstić information content (AvgIpc) is 2.68. The Morgan fingerprint density at radius 3 is 2.41 bits per heavy atom. The summed E-state index contributed by atoms with van der Waals surface area (Å²) in [7, 11) is -2.61. The molecule has 1 aliphatic heterocycles. The number of carbonyl (C=O) groups excluding carboxylic acids is 1. The van der Waals surface area contributed by atoms with Crippen molar-refractivity contribution in [3.05, 3.63) is 87.3 Å². The lowest BCUT2D eigenvalue weighted by molar-refractivity contribution is 0.264. The van der Waals surface area contributed by atoms with E-state index >= 15 is 0 Å². The maximum Gasteiger partial charge on any atom is 0.205 e. The van der Waals surface area contributed by atoms with E-state index in [4.69, 9.17) is 16.3 Å². The zero-order valence-electron chi connectivity index (χ0n) is 15.6. The summed E-state index contributed by atoms with van der Waals surface area (Å²) in [4.78, 5) is 11.0. The molecule has 2 aromatic carbocycles. The lowest BCUT2D eigenvalue weighted by Gasteiger charge is -2.31. The Balaban J connectivity index is 2.31. The van der Waals surface area contributed by atoms with E-state index in [9.17, 15) is 18.3 Å². The van der Waals surface area contributed by atoms with Crippen molar-refractivity contribution in [2.75, 3.05) is 7.11 Å². The maximum atomic E-state index is 13.5. The Kier molecular flexibility index (Phi) is 5.84. The number of allylic oxidation sites excluding steroid dienone is 3. The van der Waals surface area contributed by atoms with Crippen LogP contribution in [0.15, 0.2) is 81.6 Å². The second-order valence-electron chi connectivity index (χ2n) is 6.31. The predicted octanol–water partition coefficient (Wildman–Crippen LogP) is 3.68. The predicted molar refractivity (Wildman–Crippen MR) is 110 cm³/mol. The van der Waals surface area contributed by atoms with Gasteiger partial charge < -0.3 is 15.2 Å². The van der Waals surface area contributed by atoms with Gasteiger partial charge in [0.15, 0.2) is 0 Å². The van der Waals surface area contributed by atoms with Crippen molar-refractivity contribution in [3.63, 3.8) is 0 Å². The fourth-order valence-electron chi connectivity index (χ4n) is 3.31. The first kappa shape index (κ1) is 20.7. The van der Waals surface area contributed by atoms with E-state index in [2.05, 4.69) is 5.32 Å². The van der Waals surface area contributed by atoms with E-state index in [1.807, 2.05) is 0 Å². The topological polar surface area (TPSA) is 92.7 Å². The van der Waals surface area contributed by atoms with Gasteiger partial charge in [-0.05, 0) is 42.8 Å². The molecule has 8 heteroatoms. The molecule has 0 spiro atoms. The smallest absolute Gasteiger partial charge is 0.205 e. The molecule has 0 aromatic heterocycles. The van der Waals surface area contributed by atoms with Crippen LogP contribution in [0.25, 0.3) is 0 Å². The standard InChI is InChI=1S/C21H18ClNO5S/c1-13-21(29(26,27)15-9-7-14(25)8-10-15)19(16-5-3-4-6-17(16)22)20(28-2)18(23-13)11-12-24/h3-11,19,23,25H,1-2H3. The summed E-state index contributed by atoms with van der Waals surface area (Å²) in [5.74, 6) is 0.991. The van der Waals surface area contributed by atoms with Crippen LogP contribution in [-0.2, 0) is 19.4 Å². The number of sulfone groups is 1. The van der Waals surface area contributed by atoms with Crippen molar-refractivity contribution in [2.24, 2.45) is 0 Å². The molecule has 2 N–H and O–H groups in total. The molecular weight excluding hydrogens is 414 g/mol. The summed E-state index contributed by atoms with van der Waals surface area (Å²) in [6.07, 6.45) is 1.15. The molecule has 1 atom stereocenters. The van der Waals surface area contributed by atoms with E-state index in [0.29, 0.717) is 22.0 Å². The number of methoxy groups -OCH3 is 1. The number of hydrogen-bond donors (Lipinski definition) is 2. The van der Waals surface area contributed by atoms with Crippen LogP contribution in [0.3, 0.4) is 0 Å². The van der Waals surface area contributed by atoms with Gasteiger partial charge in [0, 0.05) is 16.8 Å². The zero-order valence-corrected chi connectivity index (χ0v) is 17.2. The third-order valence-corrected chi connectivity index (χ3v) is 6.92. The zero-order chi connectivity index (χ0) is 21.2. The highest BCUT2D eigenvalue weighted by Gasteiger charge is 2.39. The first-order chi connectivity index (χ1) is 13.8. The molecule has 3 rings (SSSR count). The molecule has 0 fully saturated rings. The molecule has 150 valence electrons. The van der Waals surface area contributed by atoms with E-state index in [-0.39, 0.29) is 21.3 Å². The molecule has 0 amide bonds. The molecule has 0 saturated heterocycles. The third-order valence-electron chi connectivity index (χ3n) is 4.56. The van der Waals surface area contributed by atoms with Gasteiger partial charge in [-0.1, -0.05) is 29.8 Å². The Hall–Kier alpha value is -2.99. The summed E-state index contributed by atoms with van der Waals surface area (Å²) in [5.41, 5.74) is 1.14. The number of aromatic hydroxyl groups is 1. The molecule has 2 aromatic rings. The van der Waals surface area contributed by atoms with Crippen LogP contribution in [0.5, 0.6) is 5.75 Å². The number of hydrogen-bond acceptors (Lipinski definition) is 6. The molecule has 0 radical (unpaired) electrons. The van der Waals surface area contributed by atoms with Crippen molar-refractivity contribution in [1.29, 1.82) is 0 Å². The number of rotatable bonds is 5. The van der Waals surface area contributed by atoms with E-state index in [0.717, 1.165) is 6.08 Å². The van der Waals surface area contributed by atoms with Crippen LogP contribution in [0.4, 0.5) is 0 Å². The Morgan fingerprint density at radius 1 is 1.17 bits per heavy atom. The molecule has 0 bridgehead atoms. The summed E-state index contributed by atoms with van der Waals surface area (Å²) in [6.45, 7) is 1.60. The number of phenolic OH excluding ortho intramolecular Hbond substituents is 1. The number of phenols is 1. The maximum absolute atomic E-state index is 13.5. The van der Waals surface area contributed by atoms with Crippen molar-refractivity contribution >= 4 is 27.4 Å². The highest BCUT2D eigenvalue weighted by molar-refractivity contribution is 7.95. The second-order valence-corrected chi connectivity index (χ2v) is 8.64. The highest BCUT2D eigenvalue weighted by atomic mass is 35.5. The van der Waals surface area contributed by atoms with Gasteiger partial charge in [-0.3, -0.25) is 0 Å². The van der Waals surface area contributed by atoms with Gasteiger partial charge in [-0.2, -0.15) is 0 Å². The summed E-state index contributed by atoms with van der Waals surface area (Å²) >= 11 is 6.40. The lowest BCUT2D eigenvalue weighted by Crippen LogP contribution is -2.29. The molecule has 1 unspecified atom stereocenters. The van der Waals surface area contributed by atoms with Gasteiger partial charge >= 0.3 is 0 Å². The van der Waals surface area contributed by atoms with Gasteiger partial charge in [-0.15, -0.1) is 0 Å². The first-order valence-corrected chi connectivity index (χ1v) is 10.4. The largest absolute Gasteiger partial charge is 0.508 e. The Labute approximate surface area is 173 Å².